The van der Waals surface area contributed by atoms with E-state index in [1.54, 1.807) is 0 Å². The molecular formula is C19H28N4O. The van der Waals surface area contributed by atoms with Crippen LogP contribution in [0.15, 0.2) is 0 Å². The van der Waals surface area contributed by atoms with Crippen LogP contribution >= 0.6 is 0 Å². The number of hydrogen-bond donors (Lipinski definition) is 1. The highest BCUT2D eigenvalue weighted by Crippen LogP contribution is 2.39. The van der Waals surface area contributed by atoms with Gasteiger partial charge in [-0.3, -0.25) is 0 Å². The molecule has 130 valence electrons. The highest BCUT2D eigenvalue weighted by Gasteiger charge is 2.38. The van der Waals surface area contributed by atoms with Crippen LogP contribution in [0.4, 0.5) is 5.82 Å². The normalized spacial score (nSPS) is 23.0. The number of aromatic nitrogens is 2. The van der Waals surface area contributed by atoms with Crippen LogP contribution in [-0.2, 0) is 17.6 Å². The van der Waals surface area contributed by atoms with Crippen molar-refractivity contribution in [2.75, 3.05) is 11.9 Å². The van der Waals surface area contributed by atoms with Gasteiger partial charge in [0.05, 0.1) is 11.3 Å². The Morgan fingerprint density at radius 2 is 2.00 bits per heavy atom. The minimum Gasteiger partial charge on any atom is -0.375 e. The van der Waals surface area contributed by atoms with Gasteiger partial charge in [0.1, 0.15) is 11.6 Å². The maximum absolute atomic E-state index is 9.64. The summed E-state index contributed by atoms with van der Waals surface area (Å²) in [5.41, 5.74) is 2.70. The summed E-state index contributed by atoms with van der Waals surface area (Å²) in [5, 5.41) is 21.8. The van der Waals surface area contributed by atoms with Crippen LogP contribution in [-0.4, -0.2) is 28.4 Å². The lowest BCUT2D eigenvalue weighted by atomic mass is 9.78. The topological polar surface area (TPSA) is 70.8 Å². The number of nitrogens with one attached hydrogen (secondary N) is 1. The fraction of sp³-hybridized carbons (Fsp3) is 0.737. The first-order chi connectivity index (χ1) is 11.7. The van der Waals surface area contributed by atoms with Crippen molar-refractivity contribution in [2.24, 2.45) is 0 Å². The van der Waals surface area contributed by atoms with Gasteiger partial charge in [-0.25, -0.2) is 0 Å². The standard InChI is InChI=1S/C19H28N4O/c1-3-15-16(13-20)18(23-22-17(15)4-2)21-14-8-11-24-19(12-14)9-6-5-7-10-19/h14H,3-12H2,1-2H3,(H,21,23). The van der Waals surface area contributed by atoms with Crippen LogP contribution in [0.5, 0.6) is 0 Å². The summed E-state index contributed by atoms with van der Waals surface area (Å²) in [4.78, 5) is 0. The zero-order valence-corrected chi connectivity index (χ0v) is 14.9. The summed E-state index contributed by atoms with van der Waals surface area (Å²) < 4.78 is 6.17. The van der Waals surface area contributed by atoms with Gasteiger partial charge in [-0.2, -0.15) is 10.4 Å². The van der Waals surface area contributed by atoms with Gasteiger partial charge in [-0.15, -0.1) is 5.10 Å². The summed E-state index contributed by atoms with van der Waals surface area (Å²) >= 11 is 0. The number of nitriles is 1. The Morgan fingerprint density at radius 1 is 1.21 bits per heavy atom. The molecule has 1 saturated heterocycles. The van der Waals surface area contributed by atoms with Crippen LogP contribution in [0.2, 0.25) is 0 Å². The van der Waals surface area contributed by atoms with Gasteiger partial charge < -0.3 is 10.1 Å². The van der Waals surface area contributed by atoms with E-state index in [1.807, 2.05) is 0 Å². The third-order valence-corrected chi connectivity index (χ3v) is 5.56. The summed E-state index contributed by atoms with van der Waals surface area (Å²) in [6.45, 7) is 4.93. The second-order valence-electron chi connectivity index (χ2n) is 7.09. The first kappa shape index (κ1) is 17.2. The Kier molecular flexibility index (Phi) is 5.35. The second kappa shape index (κ2) is 7.48. The molecule has 1 unspecified atom stereocenters. The fourth-order valence-electron chi connectivity index (χ4n) is 4.28. The molecule has 1 aliphatic carbocycles. The third kappa shape index (κ3) is 3.39. The molecule has 0 amide bonds. The third-order valence-electron chi connectivity index (χ3n) is 5.56. The molecule has 2 fully saturated rings. The quantitative estimate of drug-likeness (QED) is 0.911. The van der Waals surface area contributed by atoms with Gasteiger partial charge in [-0.1, -0.05) is 33.1 Å². The first-order valence-electron chi connectivity index (χ1n) is 9.40. The van der Waals surface area contributed by atoms with E-state index in [4.69, 9.17) is 4.74 Å². The smallest absolute Gasteiger partial charge is 0.167 e. The maximum Gasteiger partial charge on any atom is 0.167 e. The van der Waals surface area contributed by atoms with Crippen molar-refractivity contribution in [2.45, 2.75) is 83.3 Å². The minimum absolute atomic E-state index is 0.0470. The highest BCUT2D eigenvalue weighted by atomic mass is 16.5. The molecule has 1 aromatic rings. The lowest BCUT2D eigenvalue weighted by Gasteiger charge is -2.43. The van der Waals surface area contributed by atoms with Crippen molar-refractivity contribution >= 4 is 5.82 Å². The fourth-order valence-corrected chi connectivity index (χ4v) is 4.28. The predicted molar refractivity (Wildman–Crippen MR) is 93.9 cm³/mol. The van der Waals surface area contributed by atoms with E-state index in [0.717, 1.165) is 56.4 Å². The number of nitrogens with zero attached hydrogens (tertiary/aromatic N) is 3. The molecule has 3 rings (SSSR count). The van der Waals surface area contributed by atoms with E-state index in [9.17, 15) is 5.26 Å². The van der Waals surface area contributed by atoms with Gasteiger partial charge >= 0.3 is 0 Å². The number of hydrogen-bond acceptors (Lipinski definition) is 5. The molecule has 5 nitrogen and oxygen atoms in total. The Hall–Kier alpha value is -1.67. The number of anilines is 1. The van der Waals surface area contributed by atoms with Crippen molar-refractivity contribution < 1.29 is 4.74 Å². The largest absolute Gasteiger partial charge is 0.375 e. The summed E-state index contributed by atoms with van der Waals surface area (Å²) in [7, 11) is 0. The first-order valence-corrected chi connectivity index (χ1v) is 9.40. The minimum atomic E-state index is 0.0470. The Morgan fingerprint density at radius 3 is 2.67 bits per heavy atom. The van der Waals surface area contributed by atoms with Crippen LogP contribution in [0.1, 0.15) is 75.6 Å². The Balaban J connectivity index is 1.79. The molecule has 2 aliphatic rings. The van der Waals surface area contributed by atoms with E-state index >= 15 is 0 Å². The van der Waals surface area contributed by atoms with Gasteiger partial charge in [-0.05, 0) is 44.1 Å². The zero-order valence-electron chi connectivity index (χ0n) is 14.9. The molecule has 1 spiro atoms. The Bertz CT molecular complexity index is 611. The lowest BCUT2D eigenvalue weighted by Crippen LogP contribution is -2.45. The Labute approximate surface area is 144 Å². The summed E-state index contributed by atoms with van der Waals surface area (Å²) in [6, 6.07) is 2.67. The SMILES string of the molecule is CCc1nnc(NC2CCOC3(CCCCC3)C2)c(C#N)c1CC. The van der Waals surface area contributed by atoms with Crippen molar-refractivity contribution in [1.82, 2.24) is 10.2 Å². The van der Waals surface area contributed by atoms with Crippen molar-refractivity contribution in [3.8, 4) is 6.07 Å². The van der Waals surface area contributed by atoms with Crippen LogP contribution in [0.25, 0.3) is 0 Å². The van der Waals surface area contributed by atoms with E-state index in [2.05, 4.69) is 35.4 Å². The maximum atomic E-state index is 9.64. The van der Waals surface area contributed by atoms with E-state index in [0.29, 0.717) is 17.4 Å². The molecule has 1 saturated carbocycles. The average molecular weight is 328 g/mol. The average Bonchev–Trinajstić information content (AvgIpc) is 2.62. The molecule has 1 N–H and O–H groups in total. The van der Waals surface area contributed by atoms with Crippen LogP contribution in [0.3, 0.4) is 0 Å². The lowest BCUT2D eigenvalue weighted by molar-refractivity contribution is -0.103. The van der Waals surface area contributed by atoms with E-state index in [1.165, 1.54) is 19.3 Å². The van der Waals surface area contributed by atoms with Crippen LogP contribution in [0, 0.1) is 11.3 Å². The van der Waals surface area contributed by atoms with Crippen molar-refractivity contribution in [3.05, 3.63) is 16.8 Å². The van der Waals surface area contributed by atoms with Gasteiger partial charge in [0.25, 0.3) is 0 Å². The molecule has 5 heteroatoms. The molecule has 0 radical (unpaired) electrons. The molecular weight excluding hydrogens is 300 g/mol. The molecule has 1 atom stereocenters. The summed E-state index contributed by atoms with van der Waals surface area (Å²) in [5.74, 6) is 0.657. The monoisotopic (exact) mass is 328 g/mol. The summed E-state index contributed by atoms with van der Waals surface area (Å²) in [6.07, 6.45) is 9.78. The number of aryl methyl sites for hydroxylation is 1. The van der Waals surface area contributed by atoms with Crippen molar-refractivity contribution in [3.63, 3.8) is 0 Å². The number of ether oxygens (including phenoxy) is 1. The predicted octanol–water partition coefficient (Wildman–Crippen LogP) is 3.77. The van der Waals surface area contributed by atoms with Gasteiger partial charge in [0.15, 0.2) is 5.82 Å². The molecule has 0 bridgehead atoms. The zero-order chi connectivity index (χ0) is 17.0. The van der Waals surface area contributed by atoms with Gasteiger partial charge in [0, 0.05) is 12.6 Å². The second-order valence-corrected chi connectivity index (χ2v) is 7.09. The molecule has 1 aliphatic heterocycles. The number of rotatable bonds is 4. The van der Waals surface area contributed by atoms with Gasteiger partial charge in [0.2, 0.25) is 0 Å². The van der Waals surface area contributed by atoms with Crippen molar-refractivity contribution in [1.29, 1.82) is 5.26 Å². The van der Waals surface area contributed by atoms with E-state index in [-0.39, 0.29) is 5.60 Å². The molecule has 2 heterocycles. The molecule has 1 aromatic heterocycles. The highest BCUT2D eigenvalue weighted by molar-refractivity contribution is 5.57. The van der Waals surface area contributed by atoms with Crippen LogP contribution < -0.4 is 5.32 Å². The molecule has 24 heavy (non-hydrogen) atoms. The van der Waals surface area contributed by atoms with E-state index < -0.39 is 0 Å². The molecule has 0 aromatic carbocycles.